The normalized spacial score (nSPS) is 15.7. The van der Waals surface area contributed by atoms with Crippen molar-refractivity contribution in [1.29, 1.82) is 0 Å². The summed E-state index contributed by atoms with van der Waals surface area (Å²) in [6, 6.07) is 3.61. The number of rotatable bonds is 3. The van der Waals surface area contributed by atoms with Crippen molar-refractivity contribution in [2.45, 2.75) is 19.4 Å². The molecule has 0 aromatic carbocycles. The predicted octanol–water partition coefficient (Wildman–Crippen LogP) is 0.535. The van der Waals surface area contributed by atoms with E-state index in [-0.39, 0.29) is 0 Å². The van der Waals surface area contributed by atoms with Crippen molar-refractivity contribution in [2.75, 3.05) is 5.73 Å². The number of nitrogens with zero attached hydrogens (tertiary/aromatic N) is 1. The largest absolute Gasteiger partial charge is 0.398 e. The summed E-state index contributed by atoms with van der Waals surface area (Å²) in [5.41, 5.74) is 6.26. The Balaban J connectivity index is 2.00. The Morgan fingerprint density at radius 2 is 2.08 bits per heavy atom. The fraction of sp³-hybridized carbons (Fsp3) is 0.400. The van der Waals surface area contributed by atoms with Gasteiger partial charge in [-0.15, -0.1) is 0 Å². The van der Waals surface area contributed by atoms with Crippen LogP contribution in [0, 0.1) is 5.92 Å². The topological polar surface area (TPSA) is 47.0 Å². The zero-order valence-electron chi connectivity index (χ0n) is 7.44. The van der Waals surface area contributed by atoms with Crippen LogP contribution in [0.25, 0.3) is 0 Å². The fourth-order valence-corrected chi connectivity index (χ4v) is 1.29. The van der Waals surface area contributed by atoms with E-state index in [2.05, 4.69) is 0 Å². The van der Waals surface area contributed by atoms with Crippen LogP contribution in [0.15, 0.2) is 24.5 Å². The molecule has 68 valence electrons. The summed E-state index contributed by atoms with van der Waals surface area (Å²) in [6.45, 7) is 0.491. The number of nitrogen functional groups attached to an aromatic ring is 1. The van der Waals surface area contributed by atoms with Crippen molar-refractivity contribution in [3.8, 4) is 0 Å². The van der Waals surface area contributed by atoms with Crippen LogP contribution in [0.5, 0.6) is 0 Å². The molecule has 0 bridgehead atoms. The molecule has 0 spiro atoms. The van der Waals surface area contributed by atoms with Crippen molar-refractivity contribution in [3.63, 3.8) is 0 Å². The third-order valence-corrected chi connectivity index (χ3v) is 2.29. The number of pyridine rings is 1. The van der Waals surface area contributed by atoms with Gasteiger partial charge in [-0.05, 0) is 12.8 Å². The van der Waals surface area contributed by atoms with E-state index < -0.39 is 0 Å². The van der Waals surface area contributed by atoms with Crippen LogP contribution in [0.3, 0.4) is 0 Å². The predicted molar refractivity (Wildman–Crippen MR) is 48.8 cm³/mol. The molecule has 1 aliphatic carbocycles. The monoisotopic (exact) mass is 177 g/mol. The van der Waals surface area contributed by atoms with Crippen LogP contribution in [0.2, 0.25) is 0 Å². The molecule has 0 aliphatic heterocycles. The number of carbonyl (C=O) groups is 1. The van der Waals surface area contributed by atoms with E-state index in [1.807, 2.05) is 17.0 Å². The standard InChI is InChI=1S/C10H12N2O/c11-9-3-5-12(6-4-9)7-10(13)8-1-2-8/h3-6,8,11H,1-2,7H2/p+1. The van der Waals surface area contributed by atoms with Crippen LogP contribution in [-0.4, -0.2) is 5.78 Å². The molecule has 1 aromatic rings. The Kier molecular flexibility index (Phi) is 2.00. The summed E-state index contributed by atoms with van der Waals surface area (Å²) >= 11 is 0. The van der Waals surface area contributed by atoms with E-state index in [0.29, 0.717) is 18.2 Å². The molecule has 1 fully saturated rings. The second kappa shape index (κ2) is 3.17. The zero-order valence-corrected chi connectivity index (χ0v) is 7.44. The molecule has 2 rings (SSSR count). The van der Waals surface area contributed by atoms with Crippen molar-refractivity contribution in [2.24, 2.45) is 5.92 Å². The summed E-state index contributed by atoms with van der Waals surface area (Å²) in [5.74, 6) is 0.680. The first kappa shape index (κ1) is 8.23. The molecule has 1 aromatic heterocycles. The lowest BCUT2D eigenvalue weighted by Crippen LogP contribution is -2.37. The summed E-state index contributed by atoms with van der Waals surface area (Å²) in [7, 11) is 0. The third-order valence-electron chi connectivity index (χ3n) is 2.29. The second-order valence-corrected chi connectivity index (χ2v) is 3.54. The van der Waals surface area contributed by atoms with Gasteiger partial charge < -0.3 is 5.73 Å². The summed E-state index contributed by atoms with van der Waals surface area (Å²) in [4.78, 5) is 11.4. The maximum absolute atomic E-state index is 11.4. The Morgan fingerprint density at radius 3 is 2.62 bits per heavy atom. The highest BCUT2D eigenvalue weighted by Crippen LogP contribution is 2.29. The third kappa shape index (κ3) is 2.05. The molecule has 0 atom stereocenters. The molecule has 1 heterocycles. The molecule has 13 heavy (non-hydrogen) atoms. The SMILES string of the molecule is Nc1cc[n+](CC(=O)C2CC2)cc1. The van der Waals surface area contributed by atoms with Crippen molar-refractivity contribution < 1.29 is 9.36 Å². The minimum atomic E-state index is 0.338. The highest BCUT2D eigenvalue weighted by molar-refractivity contribution is 5.81. The second-order valence-electron chi connectivity index (χ2n) is 3.54. The Hall–Kier alpha value is -1.38. The zero-order chi connectivity index (χ0) is 9.26. The van der Waals surface area contributed by atoms with Gasteiger partial charge in [-0.1, -0.05) is 0 Å². The van der Waals surface area contributed by atoms with Gasteiger partial charge in [0.15, 0.2) is 18.2 Å². The van der Waals surface area contributed by atoms with Gasteiger partial charge in [0.2, 0.25) is 6.54 Å². The maximum atomic E-state index is 11.4. The summed E-state index contributed by atoms with van der Waals surface area (Å²) in [6.07, 6.45) is 5.84. The van der Waals surface area contributed by atoms with Crippen molar-refractivity contribution >= 4 is 11.5 Å². The van der Waals surface area contributed by atoms with E-state index >= 15 is 0 Å². The number of hydrogen-bond donors (Lipinski definition) is 1. The average Bonchev–Trinajstić information content (AvgIpc) is 2.91. The summed E-state index contributed by atoms with van der Waals surface area (Å²) < 4.78 is 1.87. The first-order valence-corrected chi connectivity index (χ1v) is 4.53. The molecule has 0 unspecified atom stereocenters. The molecule has 0 saturated heterocycles. The van der Waals surface area contributed by atoms with Crippen LogP contribution >= 0.6 is 0 Å². The quantitative estimate of drug-likeness (QED) is 0.685. The Bertz CT molecular complexity index is 314. The van der Waals surface area contributed by atoms with Gasteiger partial charge in [-0.2, -0.15) is 4.57 Å². The van der Waals surface area contributed by atoms with Crippen molar-refractivity contribution in [1.82, 2.24) is 0 Å². The van der Waals surface area contributed by atoms with E-state index in [0.717, 1.165) is 18.5 Å². The maximum Gasteiger partial charge on any atom is 0.206 e. The van der Waals surface area contributed by atoms with Crippen LogP contribution in [0.4, 0.5) is 5.69 Å². The molecule has 1 aliphatic rings. The molecule has 1 saturated carbocycles. The molecule has 3 nitrogen and oxygen atoms in total. The highest BCUT2D eigenvalue weighted by atomic mass is 16.1. The molecule has 3 heteroatoms. The number of hydrogen-bond acceptors (Lipinski definition) is 2. The van der Waals surface area contributed by atoms with Gasteiger partial charge in [0, 0.05) is 23.7 Å². The van der Waals surface area contributed by atoms with Gasteiger partial charge >= 0.3 is 0 Å². The molecular weight excluding hydrogens is 164 g/mol. The smallest absolute Gasteiger partial charge is 0.206 e. The first-order chi connectivity index (χ1) is 6.25. The molecule has 2 N–H and O–H groups in total. The molecule has 0 amide bonds. The van der Waals surface area contributed by atoms with Gasteiger partial charge in [0.1, 0.15) is 0 Å². The van der Waals surface area contributed by atoms with Crippen LogP contribution in [0.1, 0.15) is 12.8 Å². The fourth-order valence-electron chi connectivity index (χ4n) is 1.29. The molecule has 0 radical (unpaired) electrons. The number of aromatic nitrogens is 1. The van der Waals surface area contributed by atoms with E-state index in [1.165, 1.54) is 0 Å². The number of anilines is 1. The average molecular weight is 177 g/mol. The van der Waals surface area contributed by atoms with Gasteiger partial charge in [0.25, 0.3) is 0 Å². The van der Waals surface area contributed by atoms with Gasteiger partial charge in [-0.25, -0.2) is 0 Å². The Labute approximate surface area is 77.2 Å². The van der Waals surface area contributed by atoms with E-state index in [9.17, 15) is 4.79 Å². The number of carbonyl (C=O) groups excluding carboxylic acids is 1. The number of Topliss-reactive ketones (excluding diaryl/α,β-unsaturated/α-hetero) is 1. The lowest BCUT2D eigenvalue weighted by Gasteiger charge is -1.95. The number of nitrogens with two attached hydrogens (primary N) is 1. The minimum Gasteiger partial charge on any atom is -0.398 e. The van der Waals surface area contributed by atoms with Crippen molar-refractivity contribution in [3.05, 3.63) is 24.5 Å². The first-order valence-electron chi connectivity index (χ1n) is 4.53. The van der Waals surface area contributed by atoms with Gasteiger partial charge in [0.05, 0.1) is 0 Å². The lowest BCUT2D eigenvalue weighted by atomic mass is 10.2. The number of ketones is 1. The van der Waals surface area contributed by atoms with E-state index in [4.69, 9.17) is 5.73 Å². The van der Waals surface area contributed by atoms with Crippen LogP contribution in [-0.2, 0) is 11.3 Å². The highest BCUT2D eigenvalue weighted by Gasteiger charge is 2.31. The Morgan fingerprint density at radius 1 is 1.46 bits per heavy atom. The summed E-state index contributed by atoms with van der Waals surface area (Å²) in [5, 5.41) is 0. The lowest BCUT2D eigenvalue weighted by molar-refractivity contribution is -0.684. The minimum absolute atomic E-state index is 0.338. The van der Waals surface area contributed by atoms with E-state index in [1.54, 1.807) is 12.1 Å². The molecular formula is C10H13N2O+. The van der Waals surface area contributed by atoms with Crippen LogP contribution < -0.4 is 10.3 Å². The van der Waals surface area contributed by atoms with Gasteiger partial charge in [-0.3, -0.25) is 4.79 Å².